The minimum atomic E-state index is -1.82. The smallest absolute Gasteiger partial charge is 0.414 e. The molecule has 0 amide bonds. The molecule has 29 heavy (non-hydrogen) atoms. The molecular formula is C22H35NO6. The Balaban J connectivity index is 0.000000612. The Morgan fingerprint density at radius 3 is 2.07 bits per heavy atom. The molecule has 1 aromatic carbocycles. The lowest BCUT2D eigenvalue weighted by molar-refractivity contribution is -0.159. The molecule has 0 saturated carbocycles. The van der Waals surface area contributed by atoms with E-state index in [0.29, 0.717) is 13.2 Å². The number of carbonyl (C=O) groups is 2. The molecule has 1 aliphatic heterocycles. The lowest BCUT2D eigenvalue weighted by Crippen LogP contribution is -2.29. The van der Waals surface area contributed by atoms with Crippen LogP contribution in [0.25, 0.3) is 0 Å². The Morgan fingerprint density at radius 2 is 1.52 bits per heavy atom. The van der Waals surface area contributed by atoms with E-state index in [0.717, 1.165) is 18.9 Å². The van der Waals surface area contributed by atoms with Crippen molar-refractivity contribution in [2.45, 2.75) is 51.9 Å². The molecule has 164 valence electrons. The number of carboxylic acid groups (broad SMARTS) is 2. The fraction of sp³-hybridized carbons (Fsp3) is 0.636. The van der Waals surface area contributed by atoms with E-state index in [9.17, 15) is 0 Å². The molecule has 0 atom stereocenters. The van der Waals surface area contributed by atoms with Gasteiger partial charge in [0.15, 0.2) is 0 Å². The molecular weight excluding hydrogens is 374 g/mol. The van der Waals surface area contributed by atoms with E-state index in [1.165, 1.54) is 44.3 Å². The van der Waals surface area contributed by atoms with Crippen LogP contribution >= 0.6 is 0 Å². The SMILES string of the molecule is CC(C)(C)c1ccccc1OCCOCCN1CCCCCC1.O=C(O)C(=O)O. The molecule has 1 heterocycles. The number of carboxylic acids is 2. The predicted octanol–water partition coefficient (Wildman–Crippen LogP) is 3.41. The normalized spacial score (nSPS) is 15.0. The van der Waals surface area contributed by atoms with Crippen molar-refractivity contribution in [1.29, 1.82) is 0 Å². The summed E-state index contributed by atoms with van der Waals surface area (Å²) in [5.74, 6) is -2.67. The summed E-state index contributed by atoms with van der Waals surface area (Å²) < 4.78 is 11.7. The minimum Gasteiger partial charge on any atom is -0.491 e. The summed E-state index contributed by atoms with van der Waals surface area (Å²) in [6.07, 6.45) is 5.45. The van der Waals surface area contributed by atoms with Gasteiger partial charge in [0.2, 0.25) is 0 Å². The van der Waals surface area contributed by atoms with Gasteiger partial charge in [0.25, 0.3) is 0 Å². The summed E-state index contributed by atoms with van der Waals surface area (Å²) in [4.78, 5) is 20.7. The van der Waals surface area contributed by atoms with E-state index in [2.05, 4.69) is 43.9 Å². The van der Waals surface area contributed by atoms with Gasteiger partial charge < -0.3 is 24.6 Å². The van der Waals surface area contributed by atoms with Crippen molar-refractivity contribution in [3.8, 4) is 5.75 Å². The van der Waals surface area contributed by atoms with Crippen LogP contribution in [0, 0.1) is 0 Å². The first-order valence-corrected chi connectivity index (χ1v) is 10.2. The minimum absolute atomic E-state index is 0.101. The number of rotatable bonds is 7. The quantitative estimate of drug-likeness (QED) is 0.526. The topological polar surface area (TPSA) is 96.3 Å². The van der Waals surface area contributed by atoms with Crippen molar-refractivity contribution in [3.63, 3.8) is 0 Å². The molecule has 0 bridgehead atoms. The third kappa shape index (κ3) is 10.9. The number of likely N-dealkylation sites (tertiary alicyclic amines) is 1. The lowest BCUT2D eigenvalue weighted by Gasteiger charge is -2.23. The van der Waals surface area contributed by atoms with Gasteiger partial charge in [0, 0.05) is 6.54 Å². The van der Waals surface area contributed by atoms with Crippen LogP contribution in [0.4, 0.5) is 0 Å². The second-order valence-electron chi connectivity index (χ2n) is 8.07. The molecule has 0 spiro atoms. The number of para-hydroxylation sites is 1. The van der Waals surface area contributed by atoms with Gasteiger partial charge in [0.1, 0.15) is 12.4 Å². The van der Waals surface area contributed by atoms with Gasteiger partial charge in [-0.15, -0.1) is 0 Å². The highest BCUT2D eigenvalue weighted by molar-refractivity contribution is 6.27. The largest absolute Gasteiger partial charge is 0.491 e. The molecule has 0 aliphatic carbocycles. The summed E-state index contributed by atoms with van der Waals surface area (Å²) in [6.45, 7) is 12.3. The van der Waals surface area contributed by atoms with Crippen LogP contribution in [0.5, 0.6) is 5.75 Å². The maximum atomic E-state index is 9.10. The zero-order valence-corrected chi connectivity index (χ0v) is 17.9. The van der Waals surface area contributed by atoms with Crippen molar-refractivity contribution in [1.82, 2.24) is 4.90 Å². The summed E-state index contributed by atoms with van der Waals surface area (Å²) >= 11 is 0. The van der Waals surface area contributed by atoms with Crippen molar-refractivity contribution >= 4 is 11.9 Å². The maximum absolute atomic E-state index is 9.10. The monoisotopic (exact) mass is 409 g/mol. The first kappa shape index (κ1) is 24.9. The van der Waals surface area contributed by atoms with Crippen LogP contribution in [0.2, 0.25) is 0 Å². The Bertz CT molecular complexity index is 606. The van der Waals surface area contributed by atoms with Crippen LogP contribution in [0.15, 0.2) is 24.3 Å². The lowest BCUT2D eigenvalue weighted by atomic mass is 9.86. The average molecular weight is 410 g/mol. The zero-order valence-electron chi connectivity index (χ0n) is 17.9. The highest BCUT2D eigenvalue weighted by atomic mass is 16.5. The standard InChI is InChI=1S/C20H33NO2.C2H2O4/c1-20(2,3)18-10-6-7-11-19(18)23-17-16-22-15-14-21-12-8-4-5-9-13-21;3-1(4)2(5)6/h6-7,10-11H,4-5,8-9,12-17H2,1-3H3;(H,3,4)(H,5,6). The molecule has 1 aromatic rings. The van der Waals surface area contributed by atoms with E-state index in [-0.39, 0.29) is 5.41 Å². The molecule has 0 unspecified atom stereocenters. The van der Waals surface area contributed by atoms with Crippen molar-refractivity contribution in [3.05, 3.63) is 29.8 Å². The van der Waals surface area contributed by atoms with Gasteiger partial charge in [-0.3, -0.25) is 0 Å². The van der Waals surface area contributed by atoms with Gasteiger partial charge >= 0.3 is 11.9 Å². The van der Waals surface area contributed by atoms with E-state index in [4.69, 9.17) is 29.3 Å². The number of benzene rings is 1. The summed E-state index contributed by atoms with van der Waals surface area (Å²) in [6, 6.07) is 8.31. The molecule has 1 fully saturated rings. The second-order valence-corrected chi connectivity index (χ2v) is 8.07. The Hall–Kier alpha value is -2.12. The average Bonchev–Trinajstić information content (AvgIpc) is 2.93. The highest BCUT2D eigenvalue weighted by Crippen LogP contribution is 2.30. The van der Waals surface area contributed by atoms with Gasteiger partial charge in [-0.2, -0.15) is 0 Å². The van der Waals surface area contributed by atoms with E-state index >= 15 is 0 Å². The van der Waals surface area contributed by atoms with Gasteiger partial charge in [-0.25, -0.2) is 9.59 Å². The molecule has 2 N–H and O–H groups in total. The van der Waals surface area contributed by atoms with Crippen LogP contribution in [-0.4, -0.2) is 66.5 Å². The van der Waals surface area contributed by atoms with Crippen LogP contribution in [0.3, 0.4) is 0 Å². The number of hydrogen-bond donors (Lipinski definition) is 2. The first-order valence-electron chi connectivity index (χ1n) is 10.2. The molecule has 0 radical (unpaired) electrons. The second kappa shape index (κ2) is 13.2. The predicted molar refractivity (Wildman–Crippen MR) is 112 cm³/mol. The van der Waals surface area contributed by atoms with Crippen LogP contribution < -0.4 is 4.74 Å². The van der Waals surface area contributed by atoms with Crippen LogP contribution in [0.1, 0.15) is 52.0 Å². The summed E-state index contributed by atoms with van der Waals surface area (Å²) in [5.41, 5.74) is 1.36. The van der Waals surface area contributed by atoms with Crippen LogP contribution in [-0.2, 0) is 19.7 Å². The van der Waals surface area contributed by atoms with Gasteiger partial charge in [0.05, 0.1) is 13.2 Å². The Kier molecular flexibility index (Phi) is 11.3. The highest BCUT2D eigenvalue weighted by Gasteiger charge is 2.18. The molecule has 1 aliphatic rings. The molecule has 7 nitrogen and oxygen atoms in total. The number of ether oxygens (including phenoxy) is 2. The summed E-state index contributed by atoms with van der Waals surface area (Å²) in [7, 11) is 0. The van der Waals surface area contributed by atoms with E-state index in [1.807, 2.05) is 6.07 Å². The molecule has 2 rings (SSSR count). The fourth-order valence-electron chi connectivity index (χ4n) is 3.08. The summed E-state index contributed by atoms with van der Waals surface area (Å²) in [5, 5.41) is 14.8. The number of hydrogen-bond acceptors (Lipinski definition) is 5. The fourth-order valence-corrected chi connectivity index (χ4v) is 3.08. The molecule has 7 heteroatoms. The molecule has 0 aromatic heterocycles. The zero-order chi connectivity index (χ0) is 21.7. The van der Waals surface area contributed by atoms with E-state index < -0.39 is 11.9 Å². The van der Waals surface area contributed by atoms with Crippen molar-refractivity contribution in [2.24, 2.45) is 0 Å². The Morgan fingerprint density at radius 1 is 0.931 bits per heavy atom. The van der Waals surface area contributed by atoms with E-state index in [1.54, 1.807) is 0 Å². The Labute approximate surface area is 173 Å². The third-order valence-electron chi connectivity index (χ3n) is 4.61. The third-order valence-corrected chi connectivity index (χ3v) is 4.61. The first-order chi connectivity index (χ1) is 13.7. The maximum Gasteiger partial charge on any atom is 0.414 e. The van der Waals surface area contributed by atoms with Gasteiger partial charge in [-0.1, -0.05) is 51.8 Å². The molecule has 1 saturated heterocycles. The van der Waals surface area contributed by atoms with Gasteiger partial charge in [-0.05, 0) is 43.0 Å². The van der Waals surface area contributed by atoms with Crippen molar-refractivity contribution < 1.29 is 29.3 Å². The van der Waals surface area contributed by atoms with Crippen molar-refractivity contribution in [2.75, 3.05) is 39.5 Å². The number of nitrogens with zero attached hydrogens (tertiary/aromatic N) is 1. The number of aliphatic carboxylic acids is 2.